The van der Waals surface area contributed by atoms with E-state index in [1.54, 1.807) is 16.2 Å². The summed E-state index contributed by atoms with van der Waals surface area (Å²) < 4.78 is 12.4. The summed E-state index contributed by atoms with van der Waals surface area (Å²) in [6, 6.07) is 14.3. The Balaban J connectivity index is 1.50. The van der Waals surface area contributed by atoms with E-state index in [0.717, 1.165) is 45.9 Å². The molecule has 1 amide bonds. The highest BCUT2D eigenvalue weighted by Gasteiger charge is 2.21. The van der Waals surface area contributed by atoms with Crippen LogP contribution in [0.15, 0.2) is 42.5 Å². The van der Waals surface area contributed by atoms with Crippen molar-refractivity contribution in [2.24, 2.45) is 0 Å². The monoisotopic (exact) mass is 424 g/mol. The van der Waals surface area contributed by atoms with E-state index in [1.165, 1.54) is 5.56 Å². The van der Waals surface area contributed by atoms with E-state index < -0.39 is 0 Å². The van der Waals surface area contributed by atoms with Gasteiger partial charge in [-0.15, -0.1) is 0 Å². The van der Waals surface area contributed by atoms with Gasteiger partial charge in [-0.05, 0) is 49.4 Å². The van der Waals surface area contributed by atoms with E-state index in [0.29, 0.717) is 26.2 Å². The molecule has 6 heteroatoms. The fraction of sp³-hybridized carbons (Fsp3) is 0.417. The highest BCUT2D eigenvalue weighted by Crippen LogP contribution is 2.32. The number of hydrogen-bond donors (Lipinski definition) is 0. The summed E-state index contributed by atoms with van der Waals surface area (Å²) in [5.74, 6) is 0.0274. The van der Waals surface area contributed by atoms with Crippen LogP contribution in [0.25, 0.3) is 10.2 Å². The molecule has 0 aliphatic carbocycles. The van der Waals surface area contributed by atoms with Crippen molar-refractivity contribution in [3.63, 3.8) is 0 Å². The van der Waals surface area contributed by atoms with Crippen LogP contribution in [-0.4, -0.2) is 36.8 Å². The van der Waals surface area contributed by atoms with Crippen molar-refractivity contribution in [1.82, 2.24) is 4.98 Å². The number of carbonyl (C=O) groups excluding carboxylic acids is 1. The lowest BCUT2D eigenvalue weighted by Gasteiger charge is -2.20. The van der Waals surface area contributed by atoms with Crippen molar-refractivity contribution in [2.45, 2.75) is 45.8 Å². The summed E-state index contributed by atoms with van der Waals surface area (Å²) in [5, 5.41) is 0.742. The molecule has 4 rings (SSSR count). The predicted molar refractivity (Wildman–Crippen MR) is 121 cm³/mol. The Bertz CT molecular complexity index is 996. The fourth-order valence-electron chi connectivity index (χ4n) is 3.79. The van der Waals surface area contributed by atoms with E-state index in [1.807, 2.05) is 30.3 Å². The lowest BCUT2D eigenvalue weighted by Crippen LogP contribution is -2.31. The maximum absolute atomic E-state index is 13.2. The quantitative estimate of drug-likeness (QED) is 0.476. The van der Waals surface area contributed by atoms with Crippen molar-refractivity contribution in [3.05, 3.63) is 59.2 Å². The van der Waals surface area contributed by atoms with Crippen LogP contribution < -0.4 is 4.90 Å². The molecule has 0 spiro atoms. The summed E-state index contributed by atoms with van der Waals surface area (Å²) in [7, 11) is 0. The number of nitrogens with zero attached hydrogens (tertiary/aromatic N) is 2. The molecular formula is C24H28N2O3S. The molecule has 158 valence electrons. The largest absolute Gasteiger partial charge is 0.378 e. The summed E-state index contributed by atoms with van der Waals surface area (Å²) in [6.45, 7) is 6.43. The minimum Gasteiger partial charge on any atom is -0.378 e. The van der Waals surface area contributed by atoms with Crippen molar-refractivity contribution in [1.29, 1.82) is 0 Å². The van der Waals surface area contributed by atoms with Gasteiger partial charge in [-0.25, -0.2) is 4.98 Å². The van der Waals surface area contributed by atoms with Crippen LogP contribution in [0.5, 0.6) is 0 Å². The number of carbonyl (C=O) groups is 1. The molecule has 1 atom stereocenters. The van der Waals surface area contributed by atoms with Crippen LogP contribution in [0.3, 0.4) is 0 Å². The minimum atomic E-state index is 0.0274. The predicted octanol–water partition coefficient (Wildman–Crippen LogP) is 5.03. The molecule has 0 saturated carbocycles. The lowest BCUT2D eigenvalue weighted by molar-refractivity contribution is -0.120. The van der Waals surface area contributed by atoms with Crippen LogP contribution in [0.4, 0.5) is 5.13 Å². The molecule has 2 heterocycles. The molecule has 1 aliphatic heterocycles. The number of hydrogen-bond acceptors (Lipinski definition) is 5. The first-order valence-electron chi connectivity index (χ1n) is 10.5. The fourth-order valence-corrected chi connectivity index (χ4v) is 4.95. The second-order valence-corrected chi connectivity index (χ2v) is 8.86. The highest BCUT2D eigenvalue weighted by molar-refractivity contribution is 7.22. The van der Waals surface area contributed by atoms with Crippen LogP contribution >= 0.6 is 11.3 Å². The molecule has 0 radical (unpaired) electrons. The van der Waals surface area contributed by atoms with Crippen molar-refractivity contribution in [3.8, 4) is 0 Å². The average Bonchev–Trinajstić information content (AvgIpc) is 3.40. The Morgan fingerprint density at radius 3 is 2.87 bits per heavy atom. The van der Waals surface area contributed by atoms with Gasteiger partial charge in [0.1, 0.15) is 0 Å². The molecule has 1 saturated heterocycles. The first-order valence-corrected chi connectivity index (χ1v) is 11.3. The number of anilines is 1. The first-order chi connectivity index (χ1) is 14.6. The molecule has 30 heavy (non-hydrogen) atoms. The average molecular weight is 425 g/mol. The zero-order valence-electron chi connectivity index (χ0n) is 17.6. The van der Waals surface area contributed by atoms with Gasteiger partial charge >= 0.3 is 0 Å². The van der Waals surface area contributed by atoms with Crippen molar-refractivity contribution >= 4 is 32.6 Å². The van der Waals surface area contributed by atoms with Crippen LogP contribution in [0, 0.1) is 13.8 Å². The third-order valence-electron chi connectivity index (χ3n) is 5.32. The summed E-state index contributed by atoms with van der Waals surface area (Å²) in [5.41, 5.74) is 4.40. The van der Waals surface area contributed by atoms with E-state index >= 15 is 0 Å². The van der Waals surface area contributed by atoms with Gasteiger partial charge in [0.05, 0.1) is 42.5 Å². The molecule has 2 aromatic carbocycles. The van der Waals surface area contributed by atoms with Gasteiger partial charge in [-0.1, -0.05) is 47.7 Å². The van der Waals surface area contributed by atoms with Crippen LogP contribution in [0.1, 0.15) is 36.0 Å². The highest BCUT2D eigenvalue weighted by atomic mass is 32.1. The second kappa shape index (κ2) is 9.69. The number of ether oxygens (including phenoxy) is 2. The maximum Gasteiger partial charge on any atom is 0.231 e. The second-order valence-electron chi connectivity index (χ2n) is 7.85. The number of aromatic nitrogens is 1. The Hall–Kier alpha value is -2.28. The van der Waals surface area contributed by atoms with Gasteiger partial charge in [0.25, 0.3) is 0 Å². The molecule has 0 bridgehead atoms. The molecule has 1 fully saturated rings. The van der Waals surface area contributed by atoms with Gasteiger partial charge in [0.2, 0.25) is 5.91 Å². The third kappa shape index (κ3) is 5.06. The number of aryl methyl sites for hydroxylation is 2. The first kappa shape index (κ1) is 21.0. The summed E-state index contributed by atoms with van der Waals surface area (Å²) in [6.07, 6.45) is 2.64. The maximum atomic E-state index is 13.2. The number of benzene rings is 2. The third-order valence-corrected chi connectivity index (χ3v) is 6.35. The molecule has 1 unspecified atom stereocenters. The number of rotatable bonds is 8. The number of thiazole rings is 1. The zero-order valence-corrected chi connectivity index (χ0v) is 18.4. The minimum absolute atomic E-state index is 0.0274. The van der Waals surface area contributed by atoms with Gasteiger partial charge in [-0.2, -0.15) is 0 Å². The van der Waals surface area contributed by atoms with Gasteiger partial charge in [0.15, 0.2) is 5.13 Å². The SMILES string of the molecule is Cc1cc(C)c2nc(N(Cc3ccccc3)C(=O)CCOCC3CCCO3)sc2c1. The van der Waals surface area contributed by atoms with Crippen molar-refractivity contribution in [2.75, 3.05) is 24.7 Å². The Morgan fingerprint density at radius 1 is 1.27 bits per heavy atom. The standard InChI is InChI=1S/C24H28N2O3S/c1-17-13-18(2)23-21(14-17)30-24(25-23)26(15-19-7-4-3-5-8-19)22(27)10-12-28-16-20-9-6-11-29-20/h3-5,7-8,13-14,20H,6,9-12,15-16H2,1-2H3. The van der Waals surface area contributed by atoms with Gasteiger partial charge < -0.3 is 9.47 Å². The van der Waals surface area contributed by atoms with Gasteiger partial charge in [-0.3, -0.25) is 9.69 Å². The van der Waals surface area contributed by atoms with Crippen molar-refractivity contribution < 1.29 is 14.3 Å². The Morgan fingerprint density at radius 2 is 2.10 bits per heavy atom. The topological polar surface area (TPSA) is 51.7 Å². The molecule has 1 aromatic heterocycles. The van der Waals surface area contributed by atoms with E-state index in [4.69, 9.17) is 14.5 Å². The normalized spacial score (nSPS) is 16.3. The van der Waals surface area contributed by atoms with Gasteiger partial charge in [0, 0.05) is 6.61 Å². The lowest BCUT2D eigenvalue weighted by atomic mass is 10.1. The number of fused-ring (bicyclic) bond motifs is 1. The molecule has 0 N–H and O–H groups in total. The Labute approximate surface area is 181 Å². The molecular weight excluding hydrogens is 396 g/mol. The Kier molecular flexibility index (Phi) is 6.77. The smallest absolute Gasteiger partial charge is 0.231 e. The van der Waals surface area contributed by atoms with E-state index in [2.05, 4.69) is 26.0 Å². The summed E-state index contributed by atoms with van der Waals surface area (Å²) >= 11 is 1.57. The van der Waals surface area contributed by atoms with E-state index in [-0.39, 0.29) is 12.0 Å². The number of amides is 1. The molecule has 5 nitrogen and oxygen atoms in total. The van der Waals surface area contributed by atoms with Crippen LogP contribution in [0.2, 0.25) is 0 Å². The van der Waals surface area contributed by atoms with Crippen LogP contribution in [-0.2, 0) is 20.8 Å². The molecule has 3 aromatic rings. The van der Waals surface area contributed by atoms with E-state index in [9.17, 15) is 4.79 Å². The summed E-state index contributed by atoms with van der Waals surface area (Å²) in [4.78, 5) is 19.8. The molecule has 1 aliphatic rings. The zero-order chi connectivity index (χ0) is 20.9.